The Morgan fingerprint density at radius 3 is 2.22 bits per heavy atom. The van der Waals surface area contributed by atoms with Crippen LogP contribution in [0.3, 0.4) is 0 Å². The highest BCUT2D eigenvalue weighted by Gasteiger charge is 2.27. The predicted octanol–water partition coefficient (Wildman–Crippen LogP) is -1.79. The zero-order valence-corrected chi connectivity index (χ0v) is 5.51. The number of carbonyl (C=O) groups is 1. The maximum absolute atomic E-state index is 10.3. The van der Waals surface area contributed by atoms with Crippen LogP contribution in [0.5, 0.6) is 0 Å². The van der Waals surface area contributed by atoms with Gasteiger partial charge in [0, 0.05) is 4.79 Å². The number of nitrogens with one attached hydrogen (secondary N) is 1. The molecule has 2 atom stereocenters. The molecule has 0 heterocycles. The maximum atomic E-state index is 10.3. The summed E-state index contributed by atoms with van der Waals surface area (Å²) in [7, 11) is 1.53. The minimum absolute atomic E-state index is 0.745. The van der Waals surface area contributed by atoms with Crippen molar-refractivity contribution in [3.8, 4) is 0 Å². The lowest BCUT2D eigenvalue weighted by Gasteiger charge is -2.08. The van der Waals surface area contributed by atoms with Crippen LogP contribution in [0.1, 0.15) is 6.92 Å². The largest absolute Gasteiger partial charge is 0.563 e. The molecule has 0 fully saturated rings. The molecule has 9 heavy (non-hydrogen) atoms. The van der Waals surface area contributed by atoms with Crippen molar-refractivity contribution in [1.82, 2.24) is 5.32 Å². The van der Waals surface area contributed by atoms with Gasteiger partial charge in [0.25, 0.3) is 0 Å². The van der Waals surface area contributed by atoms with Crippen molar-refractivity contribution in [2.24, 2.45) is 0 Å². The lowest BCUT2D eigenvalue weighted by Crippen LogP contribution is -2.42. The van der Waals surface area contributed by atoms with Gasteiger partial charge in [-0.2, -0.15) is 0 Å². The van der Waals surface area contributed by atoms with E-state index in [1.807, 2.05) is 0 Å². The van der Waals surface area contributed by atoms with Crippen molar-refractivity contribution in [3.05, 3.63) is 0 Å². The molecule has 0 aliphatic carbocycles. The van der Waals surface area contributed by atoms with Gasteiger partial charge < -0.3 is 15.5 Å². The lowest BCUT2D eigenvalue weighted by atomic mass is 10.2. The van der Waals surface area contributed by atoms with E-state index in [2.05, 4.69) is 5.32 Å². The Kier molecular flexibility index (Phi) is 3.19. The summed E-state index contributed by atoms with van der Waals surface area (Å²) >= 11 is 0. The first-order chi connectivity index (χ1) is 4.09. The summed E-state index contributed by atoms with van der Waals surface area (Å²) < 4.78 is 0. The quantitative estimate of drug-likeness (QED) is 0.447. The van der Waals surface area contributed by atoms with Crippen molar-refractivity contribution in [3.63, 3.8) is 0 Å². The van der Waals surface area contributed by atoms with E-state index in [1.165, 1.54) is 14.0 Å². The first-order valence-electron chi connectivity index (χ1n) is 2.70. The molecule has 4 N–H and O–H groups in total. The zero-order chi connectivity index (χ0) is 7.44. The predicted molar refractivity (Wildman–Crippen MR) is 33.1 cm³/mol. The number of hydrogen-bond acceptors (Lipinski definition) is 3. The molecule has 0 rings (SSSR count). The fourth-order valence-electron chi connectivity index (χ4n) is 0.591. The molecule has 0 aromatic carbocycles. The Hall–Kier alpha value is -0.610. The average molecular weight is 134 g/mol. The first kappa shape index (κ1) is 8.39. The third-order valence-electron chi connectivity index (χ3n) is 1.08. The molecule has 0 amide bonds. The molecule has 54 valence electrons. The molecule has 0 aromatic heterocycles. The Balaban J connectivity index is 3.83. The molecule has 0 saturated carbocycles. The van der Waals surface area contributed by atoms with Crippen molar-refractivity contribution < 1.29 is 15.0 Å². The molecule has 0 aliphatic heterocycles. The van der Waals surface area contributed by atoms with Crippen molar-refractivity contribution >= 4 is 5.97 Å². The van der Waals surface area contributed by atoms with Gasteiger partial charge in [-0.3, -0.25) is 0 Å². The van der Waals surface area contributed by atoms with Gasteiger partial charge in [0.15, 0.2) is 6.04 Å². The van der Waals surface area contributed by atoms with E-state index in [9.17, 15) is 4.79 Å². The Bertz CT molecular complexity index is 102. The molecule has 0 aromatic rings. The molecular formula is C5H12NO3+. The van der Waals surface area contributed by atoms with Crippen LogP contribution >= 0.6 is 0 Å². The SMILES string of the molecule is CN[C@H](C(=O)[OH2+])[C@@H](C)O. The molecular weight excluding hydrogens is 122 g/mol. The van der Waals surface area contributed by atoms with Gasteiger partial charge in [0.2, 0.25) is 0 Å². The smallest absolute Gasteiger partial charge is 0.535 e. The Morgan fingerprint density at radius 2 is 2.22 bits per heavy atom. The number of likely N-dealkylation sites (N-methyl/N-ethyl adjacent to an activating group) is 1. The summed E-state index contributed by atoms with van der Waals surface area (Å²) in [6, 6.07) is -0.745. The standard InChI is InChI=1S/C5H11NO3/c1-3(7)4(6-2)5(8)9/h3-4,6-7H,1-2H3,(H,8,9)/p+1/t3-,4+/m1/s1. The summed E-state index contributed by atoms with van der Waals surface area (Å²) in [5, 5.41) is 17.9. The molecule has 0 radical (unpaired) electrons. The van der Waals surface area contributed by atoms with Gasteiger partial charge in [-0.25, -0.2) is 0 Å². The van der Waals surface area contributed by atoms with Crippen molar-refractivity contribution in [2.75, 3.05) is 7.05 Å². The Morgan fingerprint density at radius 1 is 1.78 bits per heavy atom. The van der Waals surface area contributed by atoms with E-state index in [4.69, 9.17) is 10.2 Å². The fourth-order valence-corrected chi connectivity index (χ4v) is 0.591. The van der Waals surface area contributed by atoms with Crippen LogP contribution in [0, 0.1) is 0 Å². The molecule has 0 aliphatic rings. The van der Waals surface area contributed by atoms with Crippen LogP contribution in [0.25, 0.3) is 0 Å². The monoisotopic (exact) mass is 134 g/mol. The van der Waals surface area contributed by atoms with Crippen LogP contribution in [-0.2, 0) is 4.79 Å². The summed E-state index contributed by atoms with van der Waals surface area (Å²) in [5.41, 5.74) is 0. The van der Waals surface area contributed by atoms with Crippen molar-refractivity contribution in [1.29, 1.82) is 0 Å². The third-order valence-corrected chi connectivity index (χ3v) is 1.08. The second-order valence-corrected chi connectivity index (χ2v) is 1.87. The number of aliphatic hydroxyl groups excluding tert-OH is 1. The number of carbonyl (C=O) groups excluding carboxylic acids is 1. The number of aliphatic hydroxyl groups is 1. The van der Waals surface area contributed by atoms with E-state index in [1.54, 1.807) is 0 Å². The minimum atomic E-state index is -0.792. The maximum Gasteiger partial charge on any atom is 0.535 e. The summed E-state index contributed by atoms with van der Waals surface area (Å²) in [6.45, 7) is 1.47. The van der Waals surface area contributed by atoms with Crippen LogP contribution in [0.15, 0.2) is 0 Å². The highest BCUT2D eigenvalue weighted by atomic mass is 16.4. The van der Waals surface area contributed by atoms with Crippen LogP contribution < -0.4 is 5.32 Å². The highest BCUT2D eigenvalue weighted by Crippen LogP contribution is 1.89. The normalized spacial score (nSPS) is 16.8. The van der Waals surface area contributed by atoms with Crippen LogP contribution in [0.4, 0.5) is 0 Å². The zero-order valence-electron chi connectivity index (χ0n) is 5.51. The van der Waals surface area contributed by atoms with E-state index in [0.717, 1.165) is 0 Å². The second kappa shape index (κ2) is 3.42. The van der Waals surface area contributed by atoms with Crippen LogP contribution in [-0.4, -0.2) is 35.4 Å². The van der Waals surface area contributed by atoms with E-state index >= 15 is 0 Å². The van der Waals surface area contributed by atoms with Crippen LogP contribution in [0.2, 0.25) is 0 Å². The van der Waals surface area contributed by atoms with Crippen molar-refractivity contribution in [2.45, 2.75) is 19.1 Å². The van der Waals surface area contributed by atoms with Gasteiger partial charge in [-0.1, -0.05) is 0 Å². The molecule has 0 spiro atoms. The lowest BCUT2D eigenvalue weighted by molar-refractivity contribution is -0.141. The summed E-state index contributed by atoms with van der Waals surface area (Å²) in [5.74, 6) is -0.785. The third kappa shape index (κ3) is 2.43. The average Bonchev–Trinajstić information content (AvgIpc) is 1.64. The van der Waals surface area contributed by atoms with Gasteiger partial charge in [-0.15, -0.1) is 0 Å². The van der Waals surface area contributed by atoms with Gasteiger partial charge >= 0.3 is 5.97 Å². The molecule has 4 heteroatoms. The van der Waals surface area contributed by atoms with Gasteiger partial charge in [0.1, 0.15) is 0 Å². The molecule has 0 saturated heterocycles. The van der Waals surface area contributed by atoms with E-state index in [0.29, 0.717) is 0 Å². The van der Waals surface area contributed by atoms with E-state index in [-0.39, 0.29) is 0 Å². The molecule has 0 unspecified atom stereocenters. The summed E-state index contributed by atoms with van der Waals surface area (Å²) in [4.78, 5) is 10.3. The minimum Gasteiger partial charge on any atom is -0.563 e. The summed E-state index contributed by atoms with van der Waals surface area (Å²) in [6.07, 6.45) is -0.792. The molecule has 0 bridgehead atoms. The Labute approximate surface area is 53.5 Å². The topological polar surface area (TPSA) is 72.2 Å². The number of rotatable bonds is 3. The van der Waals surface area contributed by atoms with Gasteiger partial charge in [-0.05, 0) is 14.0 Å². The number of hydrogen-bond donors (Lipinski definition) is 2. The van der Waals surface area contributed by atoms with Gasteiger partial charge in [0.05, 0.1) is 6.10 Å². The molecule has 4 nitrogen and oxygen atoms in total. The van der Waals surface area contributed by atoms with E-state index < -0.39 is 18.1 Å². The first-order valence-corrected chi connectivity index (χ1v) is 2.70. The highest BCUT2D eigenvalue weighted by molar-refractivity contribution is 5.74. The second-order valence-electron chi connectivity index (χ2n) is 1.87. The fraction of sp³-hybridized carbons (Fsp3) is 0.800.